The van der Waals surface area contributed by atoms with E-state index >= 15 is 0 Å². The van der Waals surface area contributed by atoms with Gasteiger partial charge >= 0.3 is 6.03 Å². The van der Waals surface area contributed by atoms with Gasteiger partial charge in [0.1, 0.15) is 5.76 Å². The maximum atomic E-state index is 12.4. The monoisotopic (exact) mass is 370 g/mol. The van der Waals surface area contributed by atoms with Crippen LogP contribution in [0.2, 0.25) is 0 Å². The predicted octanol–water partition coefficient (Wildman–Crippen LogP) is 5.42. The standard InChI is InChI=1S/C21H30N4O2/c1-15(2)14-25(17-9-5-4-6-10-17)19-12-8-7-11-18(19)22-21(26)23-20-13-16(3)27-24-20/h7-8,11-13,15,17H,4-6,9-10,14H2,1-3H3,(H2,22,23,24,26). The van der Waals surface area contributed by atoms with Crippen molar-refractivity contribution in [3.05, 3.63) is 36.1 Å². The number of hydrogen-bond acceptors (Lipinski definition) is 4. The van der Waals surface area contributed by atoms with Gasteiger partial charge in [-0.1, -0.05) is 50.4 Å². The van der Waals surface area contributed by atoms with E-state index in [2.05, 4.69) is 40.6 Å². The maximum Gasteiger partial charge on any atom is 0.325 e. The molecule has 1 fully saturated rings. The Balaban J connectivity index is 1.78. The van der Waals surface area contributed by atoms with Crippen molar-refractivity contribution in [3.63, 3.8) is 0 Å². The van der Waals surface area contributed by atoms with E-state index in [0.717, 1.165) is 17.9 Å². The summed E-state index contributed by atoms with van der Waals surface area (Å²) in [6.45, 7) is 7.25. The molecule has 2 aromatic rings. The molecule has 1 saturated carbocycles. The van der Waals surface area contributed by atoms with E-state index in [1.165, 1.54) is 32.1 Å². The molecule has 1 aliphatic rings. The van der Waals surface area contributed by atoms with Gasteiger partial charge in [-0.2, -0.15) is 0 Å². The van der Waals surface area contributed by atoms with Gasteiger partial charge in [-0.15, -0.1) is 0 Å². The lowest BCUT2D eigenvalue weighted by Gasteiger charge is -2.38. The third-order valence-electron chi connectivity index (χ3n) is 4.91. The highest BCUT2D eigenvalue weighted by Gasteiger charge is 2.24. The quantitative estimate of drug-likeness (QED) is 0.712. The Morgan fingerprint density at radius 2 is 1.96 bits per heavy atom. The molecular formula is C21H30N4O2. The van der Waals surface area contributed by atoms with Crippen molar-refractivity contribution in [1.29, 1.82) is 0 Å². The van der Waals surface area contributed by atoms with Crippen LogP contribution in [0.25, 0.3) is 0 Å². The molecule has 1 aromatic heterocycles. The van der Waals surface area contributed by atoms with Gasteiger partial charge in [0.05, 0.1) is 11.4 Å². The molecule has 0 unspecified atom stereocenters. The molecule has 2 N–H and O–H groups in total. The SMILES string of the molecule is Cc1cc(NC(=O)Nc2ccccc2N(CC(C)C)C2CCCCC2)no1. The van der Waals surface area contributed by atoms with E-state index < -0.39 is 0 Å². The van der Waals surface area contributed by atoms with Crippen molar-refractivity contribution >= 4 is 23.2 Å². The largest absolute Gasteiger partial charge is 0.367 e. The number of nitrogens with one attached hydrogen (secondary N) is 2. The molecule has 1 heterocycles. The number of para-hydroxylation sites is 2. The molecule has 0 aliphatic heterocycles. The van der Waals surface area contributed by atoms with Crippen LogP contribution in [-0.2, 0) is 0 Å². The lowest BCUT2D eigenvalue weighted by molar-refractivity contribution is 0.262. The summed E-state index contributed by atoms with van der Waals surface area (Å²) in [4.78, 5) is 14.9. The molecule has 3 rings (SSSR count). The summed E-state index contributed by atoms with van der Waals surface area (Å²) in [6, 6.07) is 9.96. The average Bonchev–Trinajstić information content (AvgIpc) is 3.05. The fourth-order valence-corrected chi connectivity index (χ4v) is 3.76. The zero-order chi connectivity index (χ0) is 19.2. The lowest BCUT2D eigenvalue weighted by atomic mass is 9.93. The predicted molar refractivity (Wildman–Crippen MR) is 109 cm³/mol. The Morgan fingerprint density at radius 3 is 2.63 bits per heavy atom. The van der Waals surface area contributed by atoms with Crippen LogP contribution in [0.4, 0.5) is 22.0 Å². The number of hydrogen-bond donors (Lipinski definition) is 2. The summed E-state index contributed by atoms with van der Waals surface area (Å²) in [7, 11) is 0. The normalized spacial score (nSPS) is 15.0. The van der Waals surface area contributed by atoms with E-state index in [9.17, 15) is 4.79 Å². The lowest BCUT2D eigenvalue weighted by Crippen LogP contribution is -2.40. The number of benzene rings is 1. The Bertz CT molecular complexity index is 750. The fourth-order valence-electron chi connectivity index (χ4n) is 3.76. The number of carbonyl (C=O) groups excluding carboxylic acids is 1. The third kappa shape index (κ3) is 5.25. The molecular weight excluding hydrogens is 340 g/mol. The fraction of sp³-hybridized carbons (Fsp3) is 0.524. The van der Waals surface area contributed by atoms with E-state index in [0.29, 0.717) is 23.5 Å². The van der Waals surface area contributed by atoms with Crippen LogP contribution >= 0.6 is 0 Å². The molecule has 0 atom stereocenters. The van der Waals surface area contributed by atoms with Crippen LogP contribution in [0.15, 0.2) is 34.9 Å². The van der Waals surface area contributed by atoms with E-state index in [1.54, 1.807) is 13.0 Å². The van der Waals surface area contributed by atoms with Crippen molar-refractivity contribution in [2.24, 2.45) is 5.92 Å². The number of urea groups is 1. The second-order valence-electron chi connectivity index (χ2n) is 7.76. The van der Waals surface area contributed by atoms with Crippen molar-refractivity contribution < 1.29 is 9.32 Å². The second kappa shape index (κ2) is 8.93. The van der Waals surface area contributed by atoms with Crippen LogP contribution in [0, 0.1) is 12.8 Å². The number of amides is 2. The molecule has 146 valence electrons. The summed E-state index contributed by atoms with van der Waals surface area (Å²) in [5.74, 6) is 1.62. The van der Waals surface area contributed by atoms with E-state index in [-0.39, 0.29) is 6.03 Å². The number of aromatic nitrogens is 1. The van der Waals surface area contributed by atoms with Crippen molar-refractivity contribution in [1.82, 2.24) is 5.16 Å². The number of aryl methyl sites for hydroxylation is 1. The van der Waals surface area contributed by atoms with Crippen LogP contribution in [-0.4, -0.2) is 23.8 Å². The molecule has 6 heteroatoms. The Labute approximate surface area is 161 Å². The summed E-state index contributed by atoms with van der Waals surface area (Å²) >= 11 is 0. The Hall–Kier alpha value is -2.50. The van der Waals surface area contributed by atoms with Gasteiger partial charge in [-0.05, 0) is 37.8 Å². The first kappa shape index (κ1) is 19.3. The molecule has 0 saturated heterocycles. The number of carbonyl (C=O) groups is 1. The second-order valence-corrected chi connectivity index (χ2v) is 7.76. The van der Waals surface area contributed by atoms with Gasteiger partial charge in [-0.3, -0.25) is 5.32 Å². The molecule has 1 aromatic carbocycles. The first-order chi connectivity index (χ1) is 13.0. The van der Waals surface area contributed by atoms with E-state index in [1.807, 2.05) is 18.2 Å². The summed E-state index contributed by atoms with van der Waals surface area (Å²) in [6.07, 6.45) is 6.31. The molecule has 1 aliphatic carbocycles. The highest BCUT2D eigenvalue weighted by Crippen LogP contribution is 2.33. The molecule has 0 spiro atoms. The zero-order valence-corrected chi connectivity index (χ0v) is 16.5. The summed E-state index contributed by atoms with van der Waals surface area (Å²) in [5, 5.41) is 9.52. The molecule has 6 nitrogen and oxygen atoms in total. The average molecular weight is 370 g/mol. The summed E-state index contributed by atoms with van der Waals surface area (Å²) < 4.78 is 5.00. The van der Waals surface area contributed by atoms with Crippen molar-refractivity contribution in [2.75, 3.05) is 22.1 Å². The highest BCUT2D eigenvalue weighted by molar-refractivity contribution is 6.01. The van der Waals surface area contributed by atoms with Gasteiger partial charge in [-0.25, -0.2) is 4.79 Å². The zero-order valence-electron chi connectivity index (χ0n) is 16.5. The minimum absolute atomic E-state index is 0.316. The van der Waals surface area contributed by atoms with Gasteiger partial charge in [0.25, 0.3) is 0 Å². The van der Waals surface area contributed by atoms with Crippen molar-refractivity contribution in [2.45, 2.75) is 58.9 Å². The maximum absolute atomic E-state index is 12.4. The molecule has 0 bridgehead atoms. The smallest absolute Gasteiger partial charge is 0.325 e. The summed E-state index contributed by atoms with van der Waals surface area (Å²) in [5.41, 5.74) is 1.91. The van der Waals surface area contributed by atoms with Gasteiger partial charge in [0.2, 0.25) is 0 Å². The van der Waals surface area contributed by atoms with Crippen LogP contribution < -0.4 is 15.5 Å². The first-order valence-electron chi connectivity index (χ1n) is 9.90. The Morgan fingerprint density at radius 1 is 1.22 bits per heavy atom. The molecule has 0 radical (unpaired) electrons. The minimum Gasteiger partial charge on any atom is -0.367 e. The molecule has 27 heavy (non-hydrogen) atoms. The van der Waals surface area contributed by atoms with Crippen LogP contribution in [0.5, 0.6) is 0 Å². The Kier molecular flexibility index (Phi) is 6.37. The van der Waals surface area contributed by atoms with Crippen molar-refractivity contribution in [3.8, 4) is 0 Å². The van der Waals surface area contributed by atoms with Crippen LogP contribution in [0.1, 0.15) is 51.7 Å². The van der Waals surface area contributed by atoms with Gasteiger partial charge < -0.3 is 14.7 Å². The number of nitrogens with zero attached hydrogens (tertiary/aromatic N) is 2. The number of rotatable bonds is 6. The van der Waals surface area contributed by atoms with Gasteiger partial charge in [0, 0.05) is 18.7 Å². The van der Waals surface area contributed by atoms with E-state index in [4.69, 9.17) is 4.52 Å². The molecule has 2 amide bonds. The third-order valence-corrected chi connectivity index (χ3v) is 4.91. The first-order valence-corrected chi connectivity index (χ1v) is 9.90. The highest BCUT2D eigenvalue weighted by atomic mass is 16.5. The van der Waals surface area contributed by atoms with Crippen LogP contribution in [0.3, 0.4) is 0 Å². The minimum atomic E-state index is -0.316. The number of anilines is 3. The van der Waals surface area contributed by atoms with Gasteiger partial charge in [0.15, 0.2) is 5.82 Å². The topological polar surface area (TPSA) is 70.4 Å².